The summed E-state index contributed by atoms with van der Waals surface area (Å²) in [6.45, 7) is 7.24. The van der Waals surface area contributed by atoms with E-state index in [2.05, 4.69) is 36.3 Å². The van der Waals surface area contributed by atoms with E-state index in [1.807, 2.05) is 78.9 Å². The summed E-state index contributed by atoms with van der Waals surface area (Å²) in [6.07, 6.45) is 0.855. The lowest BCUT2D eigenvalue weighted by molar-refractivity contribution is -0.116. The molecule has 0 saturated heterocycles. The summed E-state index contributed by atoms with van der Waals surface area (Å²) >= 11 is 1.30. The fourth-order valence-corrected chi connectivity index (χ4v) is 4.83. The molecule has 3 aromatic carbocycles. The van der Waals surface area contributed by atoms with Crippen molar-refractivity contribution in [2.45, 2.75) is 39.0 Å². The van der Waals surface area contributed by atoms with Crippen molar-refractivity contribution in [1.82, 2.24) is 15.1 Å². The molecule has 4 rings (SSSR count). The number of hydrogen-bond donors (Lipinski definition) is 1. The topological polar surface area (TPSA) is 84.4 Å². The second-order valence-electron chi connectivity index (χ2n) is 10.3. The van der Waals surface area contributed by atoms with E-state index in [1.54, 1.807) is 12.0 Å². The Morgan fingerprint density at radius 3 is 2.23 bits per heavy atom. The summed E-state index contributed by atoms with van der Waals surface area (Å²) in [5, 5.41) is 12.3. The van der Waals surface area contributed by atoms with Gasteiger partial charge in [0.1, 0.15) is 10.8 Å². The van der Waals surface area contributed by atoms with Gasteiger partial charge in [0.15, 0.2) is 0 Å². The van der Waals surface area contributed by atoms with E-state index in [4.69, 9.17) is 4.74 Å². The van der Waals surface area contributed by atoms with Crippen molar-refractivity contribution < 1.29 is 14.3 Å². The molecular weight excluding hydrogens is 508 g/mol. The van der Waals surface area contributed by atoms with Crippen LogP contribution in [0.25, 0.3) is 10.6 Å². The number of carbonyl (C=O) groups is 2. The molecule has 0 aliphatic rings. The summed E-state index contributed by atoms with van der Waals surface area (Å²) in [5.41, 5.74) is 3.82. The molecule has 202 valence electrons. The Morgan fingerprint density at radius 2 is 1.59 bits per heavy atom. The van der Waals surface area contributed by atoms with Gasteiger partial charge in [0, 0.05) is 30.6 Å². The van der Waals surface area contributed by atoms with Crippen molar-refractivity contribution in [1.29, 1.82) is 0 Å². The molecule has 39 heavy (non-hydrogen) atoms. The van der Waals surface area contributed by atoms with E-state index >= 15 is 0 Å². The lowest BCUT2D eigenvalue weighted by Crippen LogP contribution is -2.35. The summed E-state index contributed by atoms with van der Waals surface area (Å²) in [4.78, 5) is 28.0. The Labute approximate surface area is 233 Å². The van der Waals surface area contributed by atoms with Crippen LogP contribution in [0.4, 0.5) is 5.13 Å². The van der Waals surface area contributed by atoms with Gasteiger partial charge in [0.2, 0.25) is 11.0 Å². The largest absolute Gasteiger partial charge is 0.497 e. The van der Waals surface area contributed by atoms with Gasteiger partial charge in [-0.25, -0.2) is 0 Å². The number of benzene rings is 3. The van der Waals surface area contributed by atoms with Crippen LogP contribution in [0.5, 0.6) is 5.75 Å². The van der Waals surface area contributed by atoms with Crippen LogP contribution in [0.15, 0.2) is 78.9 Å². The molecular formula is C31H34N4O3S. The maximum absolute atomic E-state index is 13.5. The standard InChI is InChI=1S/C31H34N4O3S/c1-31(2,3)25-14-10-24(11-15-25)29(37)35(20-18-22-8-6-5-7-9-22)21-19-27(36)32-30-34-33-28(39-30)23-12-16-26(38-4)17-13-23/h5-17H,18-21H2,1-4H3,(H,32,34,36). The molecule has 0 radical (unpaired) electrons. The van der Waals surface area contributed by atoms with Crippen LogP contribution in [-0.4, -0.2) is 47.1 Å². The molecule has 7 nitrogen and oxygen atoms in total. The minimum Gasteiger partial charge on any atom is -0.497 e. The summed E-state index contributed by atoms with van der Waals surface area (Å²) < 4.78 is 5.20. The van der Waals surface area contributed by atoms with Gasteiger partial charge in [-0.3, -0.25) is 9.59 Å². The smallest absolute Gasteiger partial charge is 0.253 e. The number of carbonyl (C=O) groups excluding carboxylic acids is 2. The first-order chi connectivity index (χ1) is 18.7. The molecule has 2 amide bonds. The number of rotatable bonds is 10. The number of hydrogen-bond acceptors (Lipinski definition) is 6. The predicted octanol–water partition coefficient (Wildman–Crippen LogP) is 6.22. The highest BCUT2D eigenvalue weighted by Gasteiger charge is 2.20. The average Bonchev–Trinajstić information content (AvgIpc) is 3.41. The van der Waals surface area contributed by atoms with Crippen LogP contribution < -0.4 is 10.1 Å². The molecule has 1 aromatic heterocycles. The van der Waals surface area contributed by atoms with Gasteiger partial charge < -0.3 is 15.0 Å². The van der Waals surface area contributed by atoms with Crippen LogP contribution in [0.1, 0.15) is 48.7 Å². The zero-order valence-electron chi connectivity index (χ0n) is 22.8. The monoisotopic (exact) mass is 542 g/mol. The van der Waals surface area contributed by atoms with Crippen molar-refractivity contribution in [2.75, 3.05) is 25.5 Å². The highest BCUT2D eigenvalue weighted by Crippen LogP contribution is 2.28. The summed E-state index contributed by atoms with van der Waals surface area (Å²) in [5.74, 6) is 0.457. The molecule has 0 fully saturated rings. The maximum atomic E-state index is 13.5. The third-order valence-electron chi connectivity index (χ3n) is 6.42. The Morgan fingerprint density at radius 1 is 0.897 bits per heavy atom. The molecule has 0 saturated carbocycles. The number of anilines is 1. The molecule has 0 aliphatic carbocycles. The van der Waals surface area contributed by atoms with E-state index in [9.17, 15) is 9.59 Å². The second-order valence-corrected chi connectivity index (χ2v) is 11.3. The Balaban J connectivity index is 1.40. The molecule has 8 heteroatoms. The molecule has 0 unspecified atom stereocenters. The van der Waals surface area contributed by atoms with Gasteiger partial charge in [-0.1, -0.05) is 74.6 Å². The van der Waals surface area contributed by atoms with Crippen molar-refractivity contribution in [2.24, 2.45) is 0 Å². The molecule has 0 atom stereocenters. The van der Waals surface area contributed by atoms with Crippen LogP contribution in [0, 0.1) is 0 Å². The minimum atomic E-state index is -0.215. The Kier molecular flexibility index (Phi) is 9.09. The van der Waals surface area contributed by atoms with E-state index in [0.29, 0.717) is 35.2 Å². The van der Waals surface area contributed by atoms with Gasteiger partial charge in [-0.05, 0) is 59.4 Å². The zero-order chi connectivity index (χ0) is 27.8. The number of amides is 2. The van der Waals surface area contributed by atoms with Crippen LogP contribution >= 0.6 is 11.3 Å². The normalized spacial score (nSPS) is 11.2. The molecule has 1 N–H and O–H groups in total. The van der Waals surface area contributed by atoms with E-state index in [0.717, 1.165) is 16.9 Å². The predicted molar refractivity (Wildman–Crippen MR) is 156 cm³/mol. The number of aromatic nitrogens is 2. The molecule has 0 aliphatic heterocycles. The lowest BCUT2D eigenvalue weighted by atomic mass is 9.86. The van der Waals surface area contributed by atoms with Crippen molar-refractivity contribution in [3.8, 4) is 16.3 Å². The SMILES string of the molecule is COc1ccc(-c2nnc(NC(=O)CCN(CCc3ccccc3)C(=O)c3ccc(C(C)(C)C)cc3)s2)cc1. The first-order valence-electron chi connectivity index (χ1n) is 12.9. The first-order valence-corrected chi connectivity index (χ1v) is 13.8. The fourth-order valence-electron chi connectivity index (χ4n) is 4.06. The average molecular weight is 543 g/mol. The van der Waals surface area contributed by atoms with Gasteiger partial charge in [-0.2, -0.15) is 0 Å². The molecule has 0 spiro atoms. The Hall–Kier alpha value is -4.04. The van der Waals surface area contributed by atoms with Crippen LogP contribution in [-0.2, 0) is 16.6 Å². The lowest BCUT2D eigenvalue weighted by Gasteiger charge is -2.24. The van der Waals surface area contributed by atoms with Gasteiger partial charge in [0.25, 0.3) is 5.91 Å². The highest BCUT2D eigenvalue weighted by molar-refractivity contribution is 7.18. The quantitative estimate of drug-likeness (QED) is 0.257. The highest BCUT2D eigenvalue weighted by atomic mass is 32.1. The molecule has 4 aromatic rings. The van der Waals surface area contributed by atoms with Crippen LogP contribution in [0.2, 0.25) is 0 Å². The fraction of sp³-hybridized carbons (Fsp3) is 0.290. The maximum Gasteiger partial charge on any atom is 0.253 e. The van der Waals surface area contributed by atoms with Gasteiger partial charge >= 0.3 is 0 Å². The van der Waals surface area contributed by atoms with E-state index in [-0.39, 0.29) is 23.7 Å². The number of nitrogens with one attached hydrogen (secondary N) is 1. The summed E-state index contributed by atoms with van der Waals surface area (Å²) in [6, 6.07) is 25.3. The van der Waals surface area contributed by atoms with Crippen LogP contribution in [0.3, 0.4) is 0 Å². The minimum absolute atomic E-state index is 0.00455. The summed E-state index contributed by atoms with van der Waals surface area (Å²) in [7, 11) is 1.62. The van der Waals surface area contributed by atoms with E-state index in [1.165, 1.54) is 16.9 Å². The first kappa shape index (κ1) is 28.0. The van der Waals surface area contributed by atoms with Gasteiger partial charge in [0.05, 0.1) is 7.11 Å². The molecule has 0 bridgehead atoms. The molecule has 1 heterocycles. The zero-order valence-corrected chi connectivity index (χ0v) is 23.6. The second kappa shape index (κ2) is 12.7. The van der Waals surface area contributed by atoms with Gasteiger partial charge in [-0.15, -0.1) is 10.2 Å². The number of ether oxygens (including phenoxy) is 1. The van der Waals surface area contributed by atoms with Crippen molar-refractivity contribution >= 4 is 28.3 Å². The third kappa shape index (κ3) is 7.74. The number of methoxy groups -OCH3 is 1. The third-order valence-corrected chi connectivity index (χ3v) is 7.30. The van der Waals surface area contributed by atoms with E-state index < -0.39 is 0 Å². The van der Waals surface area contributed by atoms with Crippen molar-refractivity contribution in [3.63, 3.8) is 0 Å². The van der Waals surface area contributed by atoms with Crippen molar-refractivity contribution in [3.05, 3.63) is 95.6 Å². The Bertz CT molecular complexity index is 1380. The number of nitrogens with zero attached hydrogens (tertiary/aromatic N) is 3.